The van der Waals surface area contributed by atoms with E-state index in [9.17, 15) is 13.2 Å². The van der Waals surface area contributed by atoms with Crippen LogP contribution in [0.3, 0.4) is 0 Å². The summed E-state index contributed by atoms with van der Waals surface area (Å²) in [5.41, 5.74) is 12.4. The van der Waals surface area contributed by atoms with Crippen LogP contribution in [-0.4, -0.2) is 20.3 Å². The summed E-state index contributed by atoms with van der Waals surface area (Å²) >= 11 is 0. The van der Waals surface area contributed by atoms with Crippen LogP contribution < -0.4 is 16.2 Å². The van der Waals surface area contributed by atoms with Crippen molar-refractivity contribution in [2.24, 2.45) is 16.5 Å². The molecule has 0 spiro atoms. The summed E-state index contributed by atoms with van der Waals surface area (Å²) in [5.74, 6) is -0.569. The molecule has 1 amide bonds. The average Bonchev–Trinajstić information content (AvgIpc) is 2.61. The fraction of sp³-hybridized carbons (Fsp3) is 0.176. The predicted molar refractivity (Wildman–Crippen MR) is 93.5 cm³/mol. The molecule has 0 aliphatic carbocycles. The maximum atomic E-state index is 12.8. The summed E-state index contributed by atoms with van der Waals surface area (Å²) in [6.07, 6.45) is 0. The van der Waals surface area contributed by atoms with Crippen LogP contribution in [0, 0.1) is 13.8 Å². The van der Waals surface area contributed by atoms with Gasteiger partial charge in [-0.05, 0) is 37.1 Å². The van der Waals surface area contributed by atoms with Crippen molar-refractivity contribution >= 4 is 21.7 Å². The molecule has 0 radical (unpaired) electrons. The molecule has 0 atom stereocenters. The molecule has 0 unspecified atom stereocenters. The molecular weight excluding hydrogens is 342 g/mol. The minimum atomic E-state index is -3.70. The summed E-state index contributed by atoms with van der Waals surface area (Å²) in [5, 5.41) is 0. The monoisotopic (exact) mass is 359 g/mol. The Labute approximate surface area is 145 Å². The van der Waals surface area contributed by atoms with E-state index in [0.717, 1.165) is 5.56 Å². The largest absolute Gasteiger partial charge is 0.455 e. The van der Waals surface area contributed by atoms with E-state index in [0.29, 0.717) is 16.9 Å². The molecule has 7 nitrogen and oxygen atoms in total. The van der Waals surface area contributed by atoms with E-state index >= 15 is 0 Å². The van der Waals surface area contributed by atoms with Gasteiger partial charge in [-0.1, -0.05) is 18.2 Å². The first-order valence-corrected chi connectivity index (χ1v) is 9.12. The predicted octanol–water partition coefficient (Wildman–Crippen LogP) is 1.80. The Morgan fingerprint density at radius 1 is 1.12 bits per heavy atom. The van der Waals surface area contributed by atoms with Crippen molar-refractivity contribution in [3.63, 3.8) is 0 Å². The highest BCUT2D eigenvalue weighted by molar-refractivity contribution is 7.90. The number of para-hydroxylation sites is 1. The SMILES string of the molecule is Cc1cccc2c1Oc1c(C)cc(C(=O)N=C(N)N)cc1S(=O)(=O)C2. The summed E-state index contributed by atoms with van der Waals surface area (Å²) in [6, 6.07) is 8.11. The van der Waals surface area contributed by atoms with Crippen molar-refractivity contribution in [2.45, 2.75) is 24.5 Å². The zero-order chi connectivity index (χ0) is 18.4. The van der Waals surface area contributed by atoms with E-state index < -0.39 is 15.7 Å². The van der Waals surface area contributed by atoms with E-state index in [1.807, 2.05) is 13.0 Å². The number of aryl methyl sites for hydroxylation is 2. The number of guanidine groups is 1. The van der Waals surface area contributed by atoms with Crippen molar-refractivity contribution in [2.75, 3.05) is 0 Å². The molecule has 3 rings (SSSR count). The normalized spacial score (nSPS) is 14.5. The highest BCUT2D eigenvalue weighted by Gasteiger charge is 2.30. The number of benzene rings is 2. The number of carbonyl (C=O) groups is 1. The van der Waals surface area contributed by atoms with Gasteiger partial charge in [-0.2, -0.15) is 4.99 Å². The van der Waals surface area contributed by atoms with Crippen LogP contribution in [0.25, 0.3) is 0 Å². The van der Waals surface area contributed by atoms with Crippen LogP contribution in [0.1, 0.15) is 27.0 Å². The highest BCUT2D eigenvalue weighted by atomic mass is 32.2. The van der Waals surface area contributed by atoms with Crippen LogP contribution in [0.2, 0.25) is 0 Å². The topological polar surface area (TPSA) is 125 Å². The Kier molecular flexibility index (Phi) is 4.00. The minimum Gasteiger partial charge on any atom is -0.455 e. The number of carbonyl (C=O) groups excluding carboxylic acids is 1. The first kappa shape index (κ1) is 17.0. The summed E-state index contributed by atoms with van der Waals surface area (Å²) in [7, 11) is -3.70. The molecule has 2 aromatic rings. The van der Waals surface area contributed by atoms with Gasteiger partial charge in [0, 0.05) is 11.1 Å². The molecule has 0 bridgehead atoms. The average molecular weight is 359 g/mol. The lowest BCUT2D eigenvalue weighted by atomic mass is 10.1. The van der Waals surface area contributed by atoms with Gasteiger partial charge in [0.15, 0.2) is 15.8 Å². The second kappa shape index (κ2) is 5.89. The zero-order valence-electron chi connectivity index (χ0n) is 13.7. The van der Waals surface area contributed by atoms with Gasteiger partial charge in [0.1, 0.15) is 16.4 Å². The van der Waals surface area contributed by atoms with Gasteiger partial charge in [0.25, 0.3) is 5.91 Å². The Hall–Kier alpha value is -2.87. The smallest absolute Gasteiger partial charge is 0.280 e. The number of amides is 1. The van der Waals surface area contributed by atoms with Crippen molar-refractivity contribution in [1.29, 1.82) is 0 Å². The lowest BCUT2D eigenvalue weighted by Crippen LogP contribution is -2.24. The van der Waals surface area contributed by atoms with Crippen molar-refractivity contribution in [3.8, 4) is 11.5 Å². The van der Waals surface area contributed by atoms with E-state index in [4.69, 9.17) is 16.2 Å². The maximum Gasteiger partial charge on any atom is 0.280 e. The summed E-state index contributed by atoms with van der Waals surface area (Å²) in [4.78, 5) is 15.5. The second-order valence-corrected chi connectivity index (χ2v) is 7.84. The number of hydrogen-bond donors (Lipinski definition) is 2. The number of nitrogens with zero attached hydrogens (tertiary/aromatic N) is 1. The van der Waals surface area contributed by atoms with E-state index in [2.05, 4.69) is 4.99 Å². The Bertz CT molecular complexity index is 1020. The second-order valence-electron chi connectivity index (χ2n) is 5.89. The molecule has 1 aliphatic rings. The van der Waals surface area contributed by atoms with Crippen LogP contribution in [0.5, 0.6) is 11.5 Å². The van der Waals surface area contributed by atoms with Crippen LogP contribution in [0.15, 0.2) is 40.2 Å². The van der Waals surface area contributed by atoms with E-state index in [-0.39, 0.29) is 27.9 Å². The van der Waals surface area contributed by atoms with Gasteiger partial charge >= 0.3 is 0 Å². The van der Waals surface area contributed by atoms with Gasteiger partial charge in [0.2, 0.25) is 0 Å². The zero-order valence-corrected chi connectivity index (χ0v) is 14.6. The number of fused-ring (bicyclic) bond motifs is 2. The third-order valence-electron chi connectivity index (χ3n) is 3.90. The Morgan fingerprint density at radius 2 is 1.84 bits per heavy atom. The molecular formula is C17H17N3O4S. The maximum absolute atomic E-state index is 12.8. The fourth-order valence-electron chi connectivity index (χ4n) is 2.77. The molecule has 0 aromatic heterocycles. The van der Waals surface area contributed by atoms with Crippen molar-refractivity contribution in [1.82, 2.24) is 0 Å². The van der Waals surface area contributed by atoms with Gasteiger partial charge in [-0.25, -0.2) is 8.42 Å². The molecule has 130 valence electrons. The number of sulfone groups is 1. The number of hydrogen-bond acceptors (Lipinski definition) is 4. The van der Waals surface area contributed by atoms with Gasteiger partial charge in [-0.15, -0.1) is 0 Å². The standard InChI is InChI=1S/C17H17N3O4S/c1-9-4-3-5-11-8-25(22,23)13-7-12(16(21)20-17(18)19)6-10(2)15(13)24-14(9)11/h3-7H,8H2,1-2H3,(H4,18,19,20,21). The van der Waals surface area contributed by atoms with Gasteiger partial charge in [-0.3, -0.25) is 4.79 Å². The Morgan fingerprint density at radius 3 is 2.52 bits per heavy atom. The first-order valence-electron chi connectivity index (χ1n) is 7.47. The minimum absolute atomic E-state index is 0.0442. The number of rotatable bonds is 1. The first-order chi connectivity index (χ1) is 11.7. The van der Waals surface area contributed by atoms with Crippen LogP contribution >= 0.6 is 0 Å². The Balaban J connectivity index is 2.24. The number of nitrogens with two attached hydrogens (primary N) is 2. The summed E-state index contributed by atoms with van der Waals surface area (Å²) < 4.78 is 31.6. The molecule has 8 heteroatoms. The highest BCUT2D eigenvalue weighted by Crippen LogP contribution is 2.41. The van der Waals surface area contributed by atoms with Crippen LogP contribution in [0.4, 0.5) is 0 Å². The molecule has 0 fully saturated rings. The molecule has 1 heterocycles. The van der Waals surface area contributed by atoms with E-state index in [1.54, 1.807) is 19.1 Å². The quantitative estimate of drug-likeness (QED) is 0.591. The van der Waals surface area contributed by atoms with Gasteiger partial charge in [0.05, 0.1) is 5.75 Å². The van der Waals surface area contributed by atoms with Crippen LogP contribution in [-0.2, 0) is 15.6 Å². The number of aliphatic imine (C=N–C) groups is 1. The van der Waals surface area contributed by atoms with Crippen molar-refractivity contribution < 1.29 is 17.9 Å². The summed E-state index contributed by atoms with van der Waals surface area (Å²) in [6.45, 7) is 3.52. The number of ether oxygens (including phenoxy) is 1. The third kappa shape index (κ3) is 3.08. The fourth-order valence-corrected chi connectivity index (χ4v) is 4.35. The molecule has 2 aromatic carbocycles. The lowest BCUT2D eigenvalue weighted by Gasteiger charge is -2.13. The van der Waals surface area contributed by atoms with Gasteiger partial charge < -0.3 is 16.2 Å². The molecule has 25 heavy (non-hydrogen) atoms. The lowest BCUT2D eigenvalue weighted by molar-refractivity contribution is 0.100. The molecule has 4 N–H and O–H groups in total. The van der Waals surface area contributed by atoms with Crippen molar-refractivity contribution in [3.05, 3.63) is 52.6 Å². The van der Waals surface area contributed by atoms with E-state index in [1.165, 1.54) is 12.1 Å². The molecule has 1 aliphatic heterocycles. The molecule has 0 saturated heterocycles. The third-order valence-corrected chi connectivity index (χ3v) is 5.56. The molecule has 0 saturated carbocycles.